The van der Waals surface area contributed by atoms with Crippen LogP contribution in [-0.4, -0.2) is 49.7 Å². The van der Waals surface area contributed by atoms with Crippen molar-refractivity contribution in [2.75, 3.05) is 0 Å². The predicted octanol–water partition coefficient (Wildman–Crippen LogP) is 2.40. The molecule has 0 bridgehead atoms. The van der Waals surface area contributed by atoms with E-state index in [9.17, 15) is 19.8 Å². The van der Waals surface area contributed by atoms with Gasteiger partial charge in [-0.1, -0.05) is 75.2 Å². The smallest absolute Gasteiger partial charge is 0.545 e. The summed E-state index contributed by atoms with van der Waals surface area (Å²) in [7, 11) is 0. The first-order valence-corrected chi connectivity index (χ1v) is 9.09. The minimum absolute atomic E-state index is 0. The number of carbonyl (C=O) groups is 2. The normalized spacial score (nSPS) is 9.56. The van der Waals surface area contributed by atoms with Crippen LogP contribution in [0.4, 0.5) is 0 Å². The molecular formula is C22H26CaO4. The van der Waals surface area contributed by atoms with Crippen molar-refractivity contribution in [1.82, 2.24) is 0 Å². The van der Waals surface area contributed by atoms with Crippen molar-refractivity contribution in [3.8, 4) is 0 Å². The van der Waals surface area contributed by atoms with Crippen molar-refractivity contribution in [3.05, 3.63) is 70.8 Å². The number of hydrogen-bond acceptors (Lipinski definition) is 4. The number of hydrogen-bond donors (Lipinski definition) is 0. The maximum Gasteiger partial charge on any atom is 2.00 e. The molecule has 140 valence electrons. The fourth-order valence-electron chi connectivity index (χ4n) is 2.61. The number of carboxylic acid groups (broad SMARTS) is 2. The quantitative estimate of drug-likeness (QED) is 0.644. The van der Waals surface area contributed by atoms with Crippen molar-refractivity contribution in [3.63, 3.8) is 0 Å². The Balaban J connectivity index is 0.000000483. The molecule has 4 nitrogen and oxygen atoms in total. The standard InChI is InChI=1S/2C11H14O2.Ca/c2*1-2-3-6-9-7-4-5-8-10(9)11(12)13;/h2*4-5,7-8H,2-3,6H2,1H3,(H,12,13);/q;;+2/p-2. The second-order valence-electron chi connectivity index (χ2n) is 6.10. The van der Waals surface area contributed by atoms with Crippen LogP contribution in [0.2, 0.25) is 0 Å². The number of carboxylic acids is 2. The molecule has 0 fully saturated rings. The maximum atomic E-state index is 10.7. The predicted molar refractivity (Wildman–Crippen MR) is 105 cm³/mol. The third-order valence-electron chi connectivity index (χ3n) is 4.07. The van der Waals surface area contributed by atoms with E-state index in [1.807, 2.05) is 24.3 Å². The maximum absolute atomic E-state index is 10.7. The molecule has 2 rings (SSSR count). The van der Waals surface area contributed by atoms with Gasteiger partial charge in [0.1, 0.15) is 0 Å². The van der Waals surface area contributed by atoms with Gasteiger partial charge in [-0.05, 0) is 36.8 Å². The fourth-order valence-corrected chi connectivity index (χ4v) is 2.61. The fraction of sp³-hybridized carbons (Fsp3) is 0.364. The number of aromatic carboxylic acids is 2. The summed E-state index contributed by atoms with van der Waals surface area (Å²) >= 11 is 0. The summed E-state index contributed by atoms with van der Waals surface area (Å²) in [5.41, 5.74) is 2.42. The van der Waals surface area contributed by atoms with Gasteiger partial charge in [0, 0.05) is 11.1 Å². The Hall–Kier alpha value is -1.36. The minimum Gasteiger partial charge on any atom is -0.545 e. The molecule has 0 aliphatic carbocycles. The third kappa shape index (κ3) is 9.41. The molecular weight excluding hydrogens is 368 g/mol. The monoisotopic (exact) mass is 394 g/mol. The summed E-state index contributed by atoms with van der Waals surface area (Å²) in [6.07, 6.45) is 5.82. The molecule has 0 aromatic heterocycles. The van der Waals surface area contributed by atoms with Gasteiger partial charge in [-0.2, -0.15) is 0 Å². The van der Waals surface area contributed by atoms with Crippen LogP contribution < -0.4 is 10.2 Å². The average molecular weight is 395 g/mol. The van der Waals surface area contributed by atoms with E-state index in [2.05, 4.69) is 13.8 Å². The second kappa shape index (κ2) is 14.7. The van der Waals surface area contributed by atoms with Crippen molar-refractivity contribution >= 4 is 49.7 Å². The Kier molecular flexibility index (Phi) is 13.9. The van der Waals surface area contributed by atoms with Crippen molar-refractivity contribution < 1.29 is 19.8 Å². The first-order chi connectivity index (χ1) is 12.5. The molecule has 0 amide bonds. The molecule has 0 atom stereocenters. The van der Waals surface area contributed by atoms with E-state index < -0.39 is 11.9 Å². The van der Waals surface area contributed by atoms with Crippen LogP contribution in [0.5, 0.6) is 0 Å². The molecule has 0 saturated carbocycles. The van der Waals surface area contributed by atoms with Crippen LogP contribution in [0.3, 0.4) is 0 Å². The van der Waals surface area contributed by atoms with E-state index in [1.54, 1.807) is 24.3 Å². The molecule has 0 unspecified atom stereocenters. The largest absolute Gasteiger partial charge is 2.00 e. The SMILES string of the molecule is CCCCc1ccccc1C(=O)[O-].CCCCc1ccccc1C(=O)[O-].[Ca+2]. The van der Waals surface area contributed by atoms with Gasteiger partial charge in [0.15, 0.2) is 0 Å². The average Bonchev–Trinajstić information content (AvgIpc) is 2.65. The van der Waals surface area contributed by atoms with Crippen molar-refractivity contribution in [2.24, 2.45) is 0 Å². The summed E-state index contributed by atoms with van der Waals surface area (Å²) in [4.78, 5) is 21.3. The van der Waals surface area contributed by atoms with Gasteiger partial charge in [0.05, 0.1) is 11.9 Å². The molecule has 0 heterocycles. The zero-order chi connectivity index (χ0) is 19.4. The molecule has 27 heavy (non-hydrogen) atoms. The Morgan fingerprint density at radius 1 is 0.704 bits per heavy atom. The zero-order valence-corrected chi connectivity index (χ0v) is 18.4. The summed E-state index contributed by atoms with van der Waals surface area (Å²) in [6, 6.07) is 14.1. The topological polar surface area (TPSA) is 80.3 Å². The van der Waals surface area contributed by atoms with E-state index in [0.717, 1.165) is 49.7 Å². The number of benzene rings is 2. The second-order valence-corrected chi connectivity index (χ2v) is 6.10. The molecule has 0 radical (unpaired) electrons. The van der Waals surface area contributed by atoms with Crippen LogP contribution >= 0.6 is 0 Å². The van der Waals surface area contributed by atoms with E-state index >= 15 is 0 Å². The summed E-state index contributed by atoms with van der Waals surface area (Å²) < 4.78 is 0. The third-order valence-corrected chi connectivity index (χ3v) is 4.07. The first-order valence-electron chi connectivity index (χ1n) is 9.09. The number of carbonyl (C=O) groups excluding carboxylic acids is 2. The van der Waals surface area contributed by atoms with Gasteiger partial charge in [0.2, 0.25) is 0 Å². The minimum atomic E-state index is -1.08. The molecule has 5 heteroatoms. The van der Waals surface area contributed by atoms with Crippen LogP contribution in [0.1, 0.15) is 71.4 Å². The van der Waals surface area contributed by atoms with Gasteiger partial charge < -0.3 is 19.8 Å². The Morgan fingerprint density at radius 2 is 1.04 bits per heavy atom. The van der Waals surface area contributed by atoms with Gasteiger partial charge in [-0.25, -0.2) is 0 Å². The molecule has 0 aliphatic rings. The van der Waals surface area contributed by atoms with Crippen LogP contribution in [0.25, 0.3) is 0 Å². The molecule has 0 spiro atoms. The van der Waals surface area contributed by atoms with Gasteiger partial charge >= 0.3 is 37.7 Å². The summed E-state index contributed by atoms with van der Waals surface area (Å²) in [5.74, 6) is -2.15. The zero-order valence-electron chi connectivity index (χ0n) is 16.2. The van der Waals surface area contributed by atoms with Gasteiger partial charge in [0.25, 0.3) is 0 Å². The van der Waals surface area contributed by atoms with E-state index in [4.69, 9.17) is 0 Å². The van der Waals surface area contributed by atoms with E-state index in [1.165, 1.54) is 0 Å². The van der Waals surface area contributed by atoms with Gasteiger partial charge in [-0.15, -0.1) is 0 Å². The van der Waals surface area contributed by atoms with Gasteiger partial charge in [-0.3, -0.25) is 0 Å². The van der Waals surface area contributed by atoms with Crippen molar-refractivity contribution in [1.29, 1.82) is 0 Å². The van der Waals surface area contributed by atoms with Crippen LogP contribution in [-0.2, 0) is 12.8 Å². The molecule has 2 aromatic carbocycles. The number of rotatable bonds is 8. The Morgan fingerprint density at radius 3 is 1.33 bits per heavy atom. The van der Waals surface area contributed by atoms with Crippen LogP contribution in [0, 0.1) is 0 Å². The van der Waals surface area contributed by atoms with Crippen molar-refractivity contribution in [2.45, 2.75) is 52.4 Å². The van der Waals surface area contributed by atoms with Crippen LogP contribution in [0.15, 0.2) is 48.5 Å². The summed E-state index contributed by atoms with van der Waals surface area (Å²) in [6.45, 7) is 4.17. The number of aryl methyl sites for hydroxylation is 2. The summed E-state index contributed by atoms with van der Waals surface area (Å²) in [5, 5.41) is 21.3. The molecule has 2 aromatic rings. The molecule has 0 N–H and O–H groups in total. The van der Waals surface area contributed by atoms with E-state index in [-0.39, 0.29) is 37.7 Å². The number of unbranched alkanes of at least 4 members (excludes halogenated alkanes) is 2. The molecule has 0 aliphatic heterocycles. The molecule has 0 saturated heterocycles. The Labute approximate surface area is 191 Å². The Bertz CT molecular complexity index is 651. The van der Waals surface area contributed by atoms with E-state index in [0.29, 0.717) is 11.1 Å². The first kappa shape index (κ1) is 25.6.